The van der Waals surface area contributed by atoms with E-state index in [0.717, 1.165) is 11.1 Å². The van der Waals surface area contributed by atoms with Gasteiger partial charge in [-0.1, -0.05) is 0 Å². The van der Waals surface area contributed by atoms with Gasteiger partial charge in [0.15, 0.2) is 11.4 Å². The lowest BCUT2D eigenvalue weighted by molar-refractivity contribution is -0.117. The topological polar surface area (TPSA) is 113 Å². The SMILES string of the molecule is Cc1[nH]nc2ncc(NC(=O)C(C)NC(=O)c3ccco3)cc12. The largest absolute Gasteiger partial charge is 0.459 e. The Labute approximate surface area is 131 Å². The van der Waals surface area contributed by atoms with Crippen LogP contribution < -0.4 is 10.6 Å². The molecule has 2 amide bonds. The van der Waals surface area contributed by atoms with Gasteiger partial charge in [-0.3, -0.25) is 14.7 Å². The minimum Gasteiger partial charge on any atom is -0.459 e. The molecule has 0 aliphatic carbocycles. The van der Waals surface area contributed by atoms with Crippen molar-refractivity contribution in [1.82, 2.24) is 20.5 Å². The number of furan rings is 1. The number of H-pyrrole nitrogens is 1. The van der Waals surface area contributed by atoms with Crippen LogP contribution in [0.2, 0.25) is 0 Å². The van der Waals surface area contributed by atoms with Crippen molar-refractivity contribution in [3.63, 3.8) is 0 Å². The summed E-state index contributed by atoms with van der Waals surface area (Å²) >= 11 is 0. The first-order valence-electron chi connectivity index (χ1n) is 7.00. The number of anilines is 1. The smallest absolute Gasteiger partial charge is 0.287 e. The number of amides is 2. The Morgan fingerprint density at radius 1 is 1.39 bits per heavy atom. The van der Waals surface area contributed by atoms with Crippen LogP contribution in [0.15, 0.2) is 35.1 Å². The molecule has 1 unspecified atom stereocenters. The number of carbonyl (C=O) groups is 2. The van der Waals surface area contributed by atoms with Crippen molar-refractivity contribution in [1.29, 1.82) is 0 Å². The van der Waals surface area contributed by atoms with Crippen LogP contribution in [0.5, 0.6) is 0 Å². The van der Waals surface area contributed by atoms with Crippen molar-refractivity contribution in [3.8, 4) is 0 Å². The predicted octanol–water partition coefficient (Wildman–Crippen LogP) is 1.62. The zero-order valence-corrected chi connectivity index (χ0v) is 12.6. The first-order chi connectivity index (χ1) is 11.0. The Hall–Kier alpha value is -3.16. The van der Waals surface area contributed by atoms with E-state index in [1.165, 1.54) is 18.5 Å². The lowest BCUT2D eigenvalue weighted by Gasteiger charge is -2.13. The zero-order chi connectivity index (χ0) is 16.4. The van der Waals surface area contributed by atoms with Crippen molar-refractivity contribution >= 4 is 28.5 Å². The molecule has 3 heterocycles. The maximum Gasteiger partial charge on any atom is 0.287 e. The zero-order valence-electron chi connectivity index (χ0n) is 12.6. The number of aromatic nitrogens is 3. The lowest BCUT2D eigenvalue weighted by Crippen LogP contribution is -2.41. The van der Waals surface area contributed by atoms with Gasteiger partial charge in [-0.15, -0.1) is 0 Å². The number of hydrogen-bond donors (Lipinski definition) is 3. The maximum absolute atomic E-state index is 12.2. The van der Waals surface area contributed by atoms with E-state index < -0.39 is 11.9 Å². The molecule has 3 N–H and O–H groups in total. The lowest BCUT2D eigenvalue weighted by atomic mass is 10.2. The van der Waals surface area contributed by atoms with Crippen molar-refractivity contribution in [3.05, 3.63) is 42.1 Å². The summed E-state index contributed by atoms with van der Waals surface area (Å²) < 4.78 is 4.98. The Bertz CT molecular complexity index is 853. The number of nitrogens with zero attached hydrogens (tertiary/aromatic N) is 2. The fraction of sp³-hybridized carbons (Fsp3) is 0.200. The minimum atomic E-state index is -0.728. The Kier molecular flexibility index (Phi) is 3.80. The summed E-state index contributed by atoms with van der Waals surface area (Å²) in [6.07, 6.45) is 2.91. The minimum absolute atomic E-state index is 0.154. The highest BCUT2D eigenvalue weighted by Crippen LogP contribution is 2.17. The molecule has 3 aromatic heterocycles. The Morgan fingerprint density at radius 3 is 2.96 bits per heavy atom. The molecule has 0 fully saturated rings. The summed E-state index contributed by atoms with van der Waals surface area (Å²) in [6.45, 7) is 3.46. The number of aryl methyl sites for hydroxylation is 1. The first kappa shape index (κ1) is 14.8. The number of pyridine rings is 1. The Balaban J connectivity index is 1.67. The summed E-state index contributed by atoms with van der Waals surface area (Å²) in [5, 5.41) is 13.0. The molecule has 3 rings (SSSR count). The normalized spacial score (nSPS) is 12.1. The molecule has 0 aliphatic heterocycles. The molecule has 0 saturated carbocycles. The molecule has 8 nitrogen and oxygen atoms in total. The molecule has 0 bridgehead atoms. The van der Waals surface area contributed by atoms with Gasteiger partial charge in [-0.2, -0.15) is 5.10 Å². The monoisotopic (exact) mass is 313 g/mol. The van der Waals surface area contributed by atoms with Gasteiger partial charge in [-0.05, 0) is 32.0 Å². The molecule has 0 aliphatic rings. The van der Waals surface area contributed by atoms with Gasteiger partial charge in [0.05, 0.1) is 18.1 Å². The molecule has 0 saturated heterocycles. The second-order valence-electron chi connectivity index (χ2n) is 5.11. The van der Waals surface area contributed by atoms with E-state index in [1.807, 2.05) is 6.92 Å². The average Bonchev–Trinajstić information content (AvgIpc) is 3.18. The van der Waals surface area contributed by atoms with E-state index in [9.17, 15) is 9.59 Å². The van der Waals surface area contributed by atoms with E-state index in [-0.39, 0.29) is 11.7 Å². The van der Waals surface area contributed by atoms with Gasteiger partial charge in [0.1, 0.15) is 6.04 Å². The van der Waals surface area contributed by atoms with Gasteiger partial charge < -0.3 is 15.1 Å². The van der Waals surface area contributed by atoms with Gasteiger partial charge in [0.2, 0.25) is 5.91 Å². The molecule has 3 aromatic rings. The van der Waals surface area contributed by atoms with Crippen LogP contribution in [0.4, 0.5) is 5.69 Å². The van der Waals surface area contributed by atoms with Crippen molar-refractivity contribution in [2.45, 2.75) is 19.9 Å². The highest BCUT2D eigenvalue weighted by atomic mass is 16.3. The summed E-state index contributed by atoms with van der Waals surface area (Å²) in [5.41, 5.74) is 1.98. The predicted molar refractivity (Wildman–Crippen MR) is 82.9 cm³/mol. The van der Waals surface area contributed by atoms with Gasteiger partial charge in [0, 0.05) is 11.1 Å². The van der Waals surface area contributed by atoms with Crippen LogP contribution in [0.25, 0.3) is 11.0 Å². The van der Waals surface area contributed by atoms with Crippen LogP contribution in [-0.4, -0.2) is 33.0 Å². The summed E-state index contributed by atoms with van der Waals surface area (Å²) in [6, 6.07) is 4.18. The highest BCUT2D eigenvalue weighted by Gasteiger charge is 2.18. The van der Waals surface area contributed by atoms with Crippen LogP contribution >= 0.6 is 0 Å². The van der Waals surface area contributed by atoms with Crippen LogP contribution in [0.1, 0.15) is 23.2 Å². The van der Waals surface area contributed by atoms with E-state index in [4.69, 9.17) is 4.42 Å². The first-order valence-corrected chi connectivity index (χ1v) is 7.00. The van der Waals surface area contributed by atoms with E-state index in [2.05, 4.69) is 25.8 Å². The van der Waals surface area contributed by atoms with Crippen LogP contribution in [0, 0.1) is 6.92 Å². The number of fused-ring (bicyclic) bond motifs is 1. The number of nitrogens with one attached hydrogen (secondary N) is 3. The quantitative estimate of drug-likeness (QED) is 0.677. The van der Waals surface area contributed by atoms with Gasteiger partial charge >= 0.3 is 0 Å². The fourth-order valence-electron chi connectivity index (χ4n) is 2.08. The van der Waals surface area contributed by atoms with Crippen LogP contribution in [0.3, 0.4) is 0 Å². The third-order valence-corrected chi connectivity index (χ3v) is 3.35. The molecule has 0 aromatic carbocycles. The summed E-state index contributed by atoms with van der Waals surface area (Å²) in [5.74, 6) is -0.647. The van der Waals surface area contributed by atoms with Gasteiger partial charge in [-0.25, -0.2) is 4.98 Å². The molecule has 23 heavy (non-hydrogen) atoms. The summed E-state index contributed by atoms with van der Waals surface area (Å²) in [7, 11) is 0. The number of carbonyl (C=O) groups excluding carboxylic acids is 2. The molecule has 0 radical (unpaired) electrons. The van der Waals surface area contributed by atoms with Crippen molar-refractivity contribution in [2.75, 3.05) is 5.32 Å². The highest BCUT2D eigenvalue weighted by molar-refractivity contribution is 6.00. The molecule has 1 atom stereocenters. The summed E-state index contributed by atoms with van der Waals surface area (Å²) in [4.78, 5) is 28.2. The number of hydrogen-bond acceptors (Lipinski definition) is 5. The molecule has 118 valence electrons. The third-order valence-electron chi connectivity index (χ3n) is 3.35. The average molecular weight is 313 g/mol. The van der Waals surface area contributed by atoms with Gasteiger partial charge in [0.25, 0.3) is 5.91 Å². The number of aromatic amines is 1. The van der Waals surface area contributed by atoms with E-state index in [0.29, 0.717) is 11.3 Å². The van der Waals surface area contributed by atoms with E-state index in [1.54, 1.807) is 19.1 Å². The second kappa shape index (κ2) is 5.91. The Morgan fingerprint density at radius 2 is 2.22 bits per heavy atom. The standard InChI is InChI=1S/C15H15N5O3/c1-8-11-6-10(7-16-13(11)20-19-8)18-14(21)9(2)17-15(22)12-4-3-5-23-12/h3-7,9H,1-2H3,(H,17,22)(H,18,21)(H,16,19,20). The van der Waals surface area contributed by atoms with Crippen LogP contribution in [-0.2, 0) is 4.79 Å². The number of rotatable bonds is 4. The fourth-order valence-corrected chi connectivity index (χ4v) is 2.08. The molecule has 0 spiro atoms. The second-order valence-corrected chi connectivity index (χ2v) is 5.11. The molecular formula is C15H15N5O3. The van der Waals surface area contributed by atoms with Crippen molar-refractivity contribution < 1.29 is 14.0 Å². The third kappa shape index (κ3) is 3.05. The van der Waals surface area contributed by atoms with E-state index >= 15 is 0 Å². The molecule has 8 heteroatoms. The maximum atomic E-state index is 12.2. The molecular weight excluding hydrogens is 298 g/mol. The van der Waals surface area contributed by atoms with Crippen molar-refractivity contribution in [2.24, 2.45) is 0 Å².